The topological polar surface area (TPSA) is 55.6 Å². The Balaban J connectivity index is 2.37. The average molecular weight is 234 g/mol. The van der Waals surface area contributed by atoms with Gasteiger partial charge in [0.1, 0.15) is 0 Å². The third kappa shape index (κ3) is 2.13. The highest BCUT2D eigenvalue weighted by Gasteiger charge is 2.21. The van der Waals surface area contributed by atoms with Crippen LogP contribution >= 0.6 is 0 Å². The molecule has 92 valence electrons. The molecule has 4 heteroatoms. The number of anilines is 1. The van der Waals surface area contributed by atoms with Crippen LogP contribution in [0.2, 0.25) is 0 Å². The van der Waals surface area contributed by atoms with E-state index in [0.717, 1.165) is 31.6 Å². The first-order valence-electron chi connectivity index (χ1n) is 5.88. The van der Waals surface area contributed by atoms with Crippen molar-refractivity contribution in [1.82, 2.24) is 4.90 Å². The molecule has 1 aliphatic rings. The van der Waals surface area contributed by atoms with Gasteiger partial charge in [-0.1, -0.05) is 13.0 Å². The second-order valence-electron chi connectivity index (χ2n) is 4.27. The van der Waals surface area contributed by atoms with Crippen LogP contribution in [-0.2, 0) is 17.7 Å². The minimum atomic E-state index is -0.358. The SMILES string of the molecule is CCN1CCc2c(ccc(C(=O)OC)c2N)C1. The van der Waals surface area contributed by atoms with Gasteiger partial charge in [-0.05, 0) is 30.2 Å². The van der Waals surface area contributed by atoms with Gasteiger partial charge in [-0.2, -0.15) is 0 Å². The number of fused-ring (bicyclic) bond motifs is 1. The van der Waals surface area contributed by atoms with E-state index in [0.29, 0.717) is 11.3 Å². The van der Waals surface area contributed by atoms with E-state index in [1.165, 1.54) is 12.7 Å². The number of nitrogen functional groups attached to an aromatic ring is 1. The minimum absolute atomic E-state index is 0.358. The molecule has 0 amide bonds. The molecule has 1 aliphatic heterocycles. The van der Waals surface area contributed by atoms with Crippen LogP contribution in [0.25, 0.3) is 0 Å². The van der Waals surface area contributed by atoms with E-state index >= 15 is 0 Å². The van der Waals surface area contributed by atoms with Crippen molar-refractivity contribution in [2.45, 2.75) is 19.9 Å². The van der Waals surface area contributed by atoms with Crippen molar-refractivity contribution in [3.8, 4) is 0 Å². The van der Waals surface area contributed by atoms with Gasteiger partial charge in [0, 0.05) is 18.8 Å². The second kappa shape index (κ2) is 4.75. The van der Waals surface area contributed by atoms with Crippen LogP contribution in [0.4, 0.5) is 5.69 Å². The molecule has 4 nitrogen and oxygen atoms in total. The lowest BCUT2D eigenvalue weighted by Crippen LogP contribution is -2.31. The van der Waals surface area contributed by atoms with E-state index in [9.17, 15) is 4.79 Å². The maximum atomic E-state index is 11.5. The van der Waals surface area contributed by atoms with Crippen molar-refractivity contribution in [1.29, 1.82) is 0 Å². The second-order valence-corrected chi connectivity index (χ2v) is 4.27. The molecule has 0 radical (unpaired) electrons. The number of hydrogen-bond donors (Lipinski definition) is 1. The normalized spacial score (nSPS) is 15.4. The summed E-state index contributed by atoms with van der Waals surface area (Å²) in [6, 6.07) is 3.75. The van der Waals surface area contributed by atoms with E-state index < -0.39 is 0 Å². The third-order valence-corrected chi connectivity index (χ3v) is 3.38. The zero-order valence-electron chi connectivity index (χ0n) is 10.3. The molecular weight excluding hydrogens is 216 g/mol. The van der Waals surface area contributed by atoms with Crippen LogP contribution in [0.15, 0.2) is 12.1 Å². The van der Waals surface area contributed by atoms with E-state index in [1.807, 2.05) is 6.07 Å². The summed E-state index contributed by atoms with van der Waals surface area (Å²) in [7, 11) is 1.38. The molecule has 17 heavy (non-hydrogen) atoms. The Morgan fingerprint density at radius 2 is 2.29 bits per heavy atom. The van der Waals surface area contributed by atoms with Crippen LogP contribution in [-0.4, -0.2) is 31.1 Å². The van der Waals surface area contributed by atoms with Crippen LogP contribution in [0.1, 0.15) is 28.4 Å². The highest BCUT2D eigenvalue weighted by molar-refractivity contribution is 5.96. The number of methoxy groups -OCH3 is 1. The maximum absolute atomic E-state index is 11.5. The monoisotopic (exact) mass is 234 g/mol. The summed E-state index contributed by atoms with van der Waals surface area (Å²) in [5, 5.41) is 0. The fourth-order valence-corrected chi connectivity index (χ4v) is 2.30. The molecule has 1 heterocycles. The first kappa shape index (κ1) is 11.9. The van der Waals surface area contributed by atoms with Gasteiger partial charge < -0.3 is 10.5 Å². The highest BCUT2D eigenvalue weighted by Crippen LogP contribution is 2.27. The van der Waals surface area contributed by atoms with Crippen molar-refractivity contribution in [2.75, 3.05) is 25.9 Å². The molecule has 1 aromatic carbocycles. The van der Waals surface area contributed by atoms with E-state index in [1.54, 1.807) is 6.07 Å². The smallest absolute Gasteiger partial charge is 0.339 e. The van der Waals surface area contributed by atoms with Gasteiger partial charge in [0.05, 0.1) is 12.7 Å². The summed E-state index contributed by atoms with van der Waals surface area (Å²) < 4.78 is 4.72. The van der Waals surface area contributed by atoms with E-state index in [-0.39, 0.29) is 5.97 Å². The standard InChI is InChI=1S/C13H18N2O2/c1-3-15-7-6-10-9(8-15)4-5-11(12(10)14)13(16)17-2/h4-5H,3,6-8,14H2,1-2H3. The Labute approximate surface area is 101 Å². The van der Waals surface area contributed by atoms with Crippen LogP contribution < -0.4 is 5.73 Å². The molecule has 0 bridgehead atoms. The molecule has 0 spiro atoms. The van der Waals surface area contributed by atoms with Gasteiger partial charge in [-0.3, -0.25) is 4.90 Å². The van der Waals surface area contributed by atoms with Gasteiger partial charge >= 0.3 is 5.97 Å². The number of nitrogens with two attached hydrogens (primary N) is 1. The number of carbonyl (C=O) groups excluding carboxylic acids is 1. The van der Waals surface area contributed by atoms with Gasteiger partial charge in [0.2, 0.25) is 0 Å². The van der Waals surface area contributed by atoms with Crippen molar-refractivity contribution in [3.63, 3.8) is 0 Å². The zero-order valence-corrected chi connectivity index (χ0v) is 10.3. The van der Waals surface area contributed by atoms with Crippen molar-refractivity contribution in [3.05, 3.63) is 28.8 Å². The summed E-state index contributed by atoms with van der Waals surface area (Å²) in [6.07, 6.45) is 0.903. The fraction of sp³-hybridized carbons (Fsp3) is 0.462. The van der Waals surface area contributed by atoms with Crippen LogP contribution in [0.3, 0.4) is 0 Å². The molecular formula is C13H18N2O2. The lowest BCUT2D eigenvalue weighted by atomic mass is 9.95. The molecule has 2 rings (SSSR count). The van der Waals surface area contributed by atoms with Gasteiger partial charge in [0.25, 0.3) is 0 Å². The van der Waals surface area contributed by atoms with Gasteiger partial charge in [-0.25, -0.2) is 4.79 Å². The van der Waals surface area contributed by atoms with Crippen LogP contribution in [0, 0.1) is 0 Å². The average Bonchev–Trinajstić information content (AvgIpc) is 2.38. The lowest BCUT2D eigenvalue weighted by molar-refractivity contribution is 0.0601. The number of hydrogen-bond acceptors (Lipinski definition) is 4. The number of esters is 1. The molecule has 0 atom stereocenters. The number of benzene rings is 1. The lowest BCUT2D eigenvalue weighted by Gasteiger charge is -2.28. The van der Waals surface area contributed by atoms with Crippen LogP contribution in [0.5, 0.6) is 0 Å². The fourth-order valence-electron chi connectivity index (χ4n) is 2.30. The molecule has 0 saturated carbocycles. The molecule has 0 unspecified atom stereocenters. The first-order chi connectivity index (χ1) is 8.17. The summed E-state index contributed by atoms with van der Waals surface area (Å²) in [5.74, 6) is -0.358. The van der Waals surface area contributed by atoms with E-state index in [4.69, 9.17) is 10.5 Å². The molecule has 1 aromatic rings. The summed E-state index contributed by atoms with van der Waals surface area (Å²) in [5.41, 5.74) is 9.45. The third-order valence-electron chi connectivity index (χ3n) is 3.38. The van der Waals surface area contributed by atoms with Gasteiger partial charge in [-0.15, -0.1) is 0 Å². The van der Waals surface area contributed by atoms with E-state index in [2.05, 4.69) is 11.8 Å². The first-order valence-corrected chi connectivity index (χ1v) is 5.88. The van der Waals surface area contributed by atoms with Crippen molar-refractivity contribution < 1.29 is 9.53 Å². The molecule has 0 saturated heterocycles. The Morgan fingerprint density at radius 1 is 1.53 bits per heavy atom. The quantitative estimate of drug-likeness (QED) is 0.621. The minimum Gasteiger partial charge on any atom is -0.465 e. The number of ether oxygens (including phenoxy) is 1. The highest BCUT2D eigenvalue weighted by atomic mass is 16.5. The zero-order chi connectivity index (χ0) is 12.4. The molecule has 0 aromatic heterocycles. The van der Waals surface area contributed by atoms with Crippen molar-refractivity contribution in [2.24, 2.45) is 0 Å². The Bertz CT molecular complexity index is 443. The Hall–Kier alpha value is -1.55. The predicted molar refractivity (Wildman–Crippen MR) is 66.8 cm³/mol. The molecule has 0 aliphatic carbocycles. The number of likely N-dealkylation sites (N-methyl/N-ethyl adjacent to an activating group) is 1. The Morgan fingerprint density at radius 3 is 2.94 bits per heavy atom. The number of nitrogens with zero attached hydrogens (tertiary/aromatic N) is 1. The predicted octanol–water partition coefficient (Wildman–Crippen LogP) is 1.43. The maximum Gasteiger partial charge on any atom is 0.339 e. The summed E-state index contributed by atoms with van der Waals surface area (Å²) in [4.78, 5) is 13.9. The molecule has 2 N–H and O–H groups in total. The van der Waals surface area contributed by atoms with Gasteiger partial charge in [0.15, 0.2) is 0 Å². The number of carbonyl (C=O) groups is 1. The Kier molecular flexibility index (Phi) is 3.33. The van der Waals surface area contributed by atoms with Crippen molar-refractivity contribution >= 4 is 11.7 Å². The summed E-state index contributed by atoms with van der Waals surface area (Å²) in [6.45, 7) is 5.10. The summed E-state index contributed by atoms with van der Waals surface area (Å²) >= 11 is 0. The number of rotatable bonds is 2. The molecule has 0 fully saturated rings. The largest absolute Gasteiger partial charge is 0.465 e.